The molecule has 34 heavy (non-hydrogen) atoms. The van der Waals surface area contributed by atoms with Crippen molar-refractivity contribution in [2.75, 3.05) is 11.9 Å². The molecule has 186 valence electrons. The van der Waals surface area contributed by atoms with E-state index in [4.69, 9.17) is 14.7 Å². The number of nitrogens with one attached hydrogen (secondary N) is 2. The van der Waals surface area contributed by atoms with Crippen molar-refractivity contribution in [2.45, 2.75) is 77.3 Å². The van der Waals surface area contributed by atoms with Crippen LogP contribution in [0, 0.1) is 5.92 Å². The molecule has 0 bridgehead atoms. The molecule has 0 radical (unpaired) electrons. The van der Waals surface area contributed by atoms with Crippen LogP contribution in [-0.2, 0) is 14.0 Å². The molecule has 1 aliphatic rings. The zero-order chi connectivity index (χ0) is 25.4. The lowest BCUT2D eigenvalue weighted by molar-refractivity contribution is -0.118. The van der Waals surface area contributed by atoms with Gasteiger partial charge < -0.3 is 9.16 Å². The number of imidazole rings is 1. The number of hydrogen-bond donors (Lipinski definition) is 2. The molecule has 2 aromatic rings. The molecule has 1 saturated heterocycles. The quantitative estimate of drug-likeness (QED) is 0.258. The van der Waals surface area contributed by atoms with Gasteiger partial charge in [0.05, 0.1) is 19.0 Å². The van der Waals surface area contributed by atoms with Gasteiger partial charge in [-0.05, 0) is 23.7 Å². The number of halogens is 1. The Morgan fingerprint density at radius 2 is 2.15 bits per heavy atom. The highest BCUT2D eigenvalue weighted by Crippen LogP contribution is 2.39. The van der Waals surface area contributed by atoms with Gasteiger partial charge in [-0.15, -0.1) is 0 Å². The largest absolute Gasteiger partial charge is 0.414 e. The molecule has 2 aromatic heterocycles. The van der Waals surface area contributed by atoms with Gasteiger partial charge >= 0.3 is 0 Å². The highest BCUT2D eigenvalue weighted by Gasteiger charge is 2.48. The number of nitrogens with zero attached hydrogens (tertiary/aromatic N) is 6. The standard InChI is InChI=1S/C20H31FN8O4Si/c1-10(2)16(30)25-19-24-15-14(17(31)26-19)23-9-29(15)18-12(21)13(27-28-22)11(33-18)8-32-34(6,7)20(3,4)5/h9-13,18H,8H2,1-7H3,(H2,24,25,26,30,31)/t11-,12-,13?,18-/m1/s1. The summed E-state index contributed by atoms with van der Waals surface area (Å²) in [5.41, 5.74) is 8.39. The van der Waals surface area contributed by atoms with E-state index in [2.05, 4.69) is 64.2 Å². The number of fused-ring (bicyclic) bond motifs is 1. The molecular formula is C20H31FN8O4Si. The number of carbonyl (C=O) groups is 1. The smallest absolute Gasteiger partial charge is 0.280 e. The van der Waals surface area contributed by atoms with Crippen molar-refractivity contribution in [1.29, 1.82) is 0 Å². The third-order valence-electron chi connectivity index (χ3n) is 6.37. The normalized spacial score (nSPS) is 23.3. The summed E-state index contributed by atoms with van der Waals surface area (Å²) in [5, 5.41) is 6.07. The number of azide groups is 1. The predicted octanol–water partition coefficient (Wildman–Crippen LogP) is 3.65. The van der Waals surface area contributed by atoms with Crippen molar-refractivity contribution in [3.05, 3.63) is 27.1 Å². The molecule has 1 unspecified atom stereocenters. The Morgan fingerprint density at radius 1 is 1.47 bits per heavy atom. The van der Waals surface area contributed by atoms with Crippen LogP contribution in [0.15, 0.2) is 16.2 Å². The van der Waals surface area contributed by atoms with Crippen molar-refractivity contribution < 1.29 is 18.3 Å². The summed E-state index contributed by atoms with van der Waals surface area (Å²) in [6.45, 7) is 13.8. The molecule has 0 aliphatic carbocycles. The summed E-state index contributed by atoms with van der Waals surface area (Å²) in [7, 11) is -2.17. The zero-order valence-electron chi connectivity index (χ0n) is 20.4. The summed E-state index contributed by atoms with van der Waals surface area (Å²) in [6, 6.07) is -1.14. The second-order valence-corrected chi connectivity index (χ2v) is 15.0. The summed E-state index contributed by atoms with van der Waals surface area (Å²) in [6.07, 6.45) is -2.60. The minimum Gasteiger partial charge on any atom is -0.414 e. The maximum atomic E-state index is 15.5. The first-order valence-electron chi connectivity index (χ1n) is 11.0. The number of hydrogen-bond acceptors (Lipinski definition) is 7. The summed E-state index contributed by atoms with van der Waals surface area (Å²) in [4.78, 5) is 38.0. The Morgan fingerprint density at radius 3 is 2.74 bits per heavy atom. The highest BCUT2D eigenvalue weighted by atomic mass is 28.4. The van der Waals surface area contributed by atoms with Gasteiger partial charge in [-0.1, -0.05) is 39.7 Å². The van der Waals surface area contributed by atoms with E-state index in [0.717, 1.165) is 0 Å². The first-order valence-corrected chi connectivity index (χ1v) is 13.9. The zero-order valence-corrected chi connectivity index (χ0v) is 21.4. The van der Waals surface area contributed by atoms with Crippen LogP contribution in [0.1, 0.15) is 40.8 Å². The number of amides is 1. The molecule has 0 spiro atoms. The van der Waals surface area contributed by atoms with E-state index in [9.17, 15) is 9.59 Å². The molecule has 3 heterocycles. The van der Waals surface area contributed by atoms with Crippen molar-refractivity contribution in [3.63, 3.8) is 0 Å². The summed E-state index contributed by atoms with van der Waals surface area (Å²) < 4.78 is 28.9. The Hall–Kier alpha value is -2.80. The Kier molecular flexibility index (Phi) is 7.17. The fraction of sp³-hybridized carbons (Fsp3) is 0.700. The SMILES string of the molecule is CC(C)C(=O)Nc1nc2c(ncn2[C@@H]2O[C@H](CO[Si](C)(C)C(C)(C)C)C(N=[N+]=[N-])[C@H]2F)c(=O)[nH]1. The minimum atomic E-state index is -2.17. The van der Waals surface area contributed by atoms with Crippen LogP contribution >= 0.6 is 0 Å². The third kappa shape index (κ3) is 4.99. The monoisotopic (exact) mass is 494 g/mol. The van der Waals surface area contributed by atoms with Crippen LogP contribution in [0.3, 0.4) is 0 Å². The molecule has 0 saturated carbocycles. The fourth-order valence-corrected chi connectivity index (χ4v) is 4.22. The number of carbonyl (C=O) groups excluding carboxylic acids is 1. The van der Waals surface area contributed by atoms with E-state index in [0.29, 0.717) is 0 Å². The maximum Gasteiger partial charge on any atom is 0.280 e. The molecule has 0 aromatic carbocycles. The molecule has 12 nitrogen and oxygen atoms in total. The number of anilines is 1. The van der Waals surface area contributed by atoms with E-state index in [1.165, 1.54) is 10.9 Å². The lowest BCUT2D eigenvalue weighted by Gasteiger charge is -2.37. The van der Waals surface area contributed by atoms with Crippen LogP contribution in [-0.4, -0.2) is 58.7 Å². The first kappa shape index (κ1) is 25.8. The average Bonchev–Trinajstić information content (AvgIpc) is 3.28. The average molecular weight is 495 g/mol. The van der Waals surface area contributed by atoms with Crippen LogP contribution in [0.4, 0.5) is 10.3 Å². The Bertz CT molecular complexity index is 1170. The van der Waals surface area contributed by atoms with Crippen molar-refractivity contribution in [1.82, 2.24) is 19.5 Å². The second-order valence-electron chi connectivity index (χ2n) is 10.2. The second kappa shape index (κ2) is 9.45. The van der Waals surface area contributed by atoms with Gasteiger partial charge in [0.25, 0.3) is 5.56 Å². The van der Waals surface area contributed by atoms with E-state index < -0.39 is 38.4 Å². The topological polar surface area (TPSA) is 160 Å². The summed E-state index contributed by atoms with van der Waals surface area (Å²) in [5.74, 6) is -0.776. The molecule has 1 aliphatic heterocycles. The summed E-state index contributed by atoms with van der Waals surface area (Å²) >= 11 is 0. The van der Waals surface area contributed by atoms with Crippen LogP contribution in [0.25, 0.3) is 21.6 Å². The molecule has 3 rings (SSSR count). The number of H-pyrrole nitrogens is 1. The van der Waals surface area contributed by atoms with Crippen LogP contribution in [0.2, 0.25) is 18.1 Å². The number of ether oxygens (including phenoxy) is 1. The van der Waals surface area contributed by atoms with E-state index in [1.54, 1.807) is 13.8 Å². The van der Waals surface area contributed by atoms with Gasteiger partial charge in [-0.3, -0.25) is 24.5 Å². The van der Waals surface area contributed by atoms with E-state index >= 15 is 4.39 Å². The van der Waals surface area contributed by atoms with Gasteiger partial charge in [0.2, 0.25) is 11.9 Å². The molecular weight excluding hydrogens is 463 g/mol. The molecule has 2 N–H and O–H groups in total. The Balaban J connectivity index is 1.93. The van der Waals surface area contributed by atoms with Gasteiger partial charge in [0.15, 0.2) is 31.9 Å². The van der Waals surface area contributed by atoms with Crippen molar-refractivity contribution in [2.24, 2.45) is 11.0 Å². The van der Waals surface area contributed by atoms with Crippen LogP contribution < -0.4 is 10.9 Å². The predicted molar refractivity (Wildman–Crippen MR) is 127 cm³/mol. The molecule has 4 atom stereocenters. The molecule has 1 fully saturated rings. The first-order chi connectivity index (χ1) is 15.8. The minimum absolute atomic E-state index is 0.0288. The van der Waals surface area contributed by atoms with Gasteiger partial charge in [-0.25, -0.2) is 9.37 Å². The number of aromatic amines is 1. The highest BCUT2D eigenvalue weighted by molar-refractivity contribution is 6.74. The van der Waals surface area contributed by atoms with Crippen LogP contribution in [0.5, 0.6) is 0 Å². The van der Waals surface area contributed by atoms with Crippen molar-refractivity contribution in [3.8, 4) is 0 Å². The number of aromatic nitrogens is 4. The van der Waals surface area contributed by atoms with Gasteiger partial charge in [-0.2, -0.15) is 4.98 Å². The molecule has 14 heteroatoms. The van der Waals surface area contributed by atoms with E-state index in [-0.39, 0.29) is 40.6 Å². The van der Waals surface area contributed by atoms with Gasteiger partial charge in [0, 0.05) is 10.8 Å². The number of alkyl halides is 1. The lowest BCUT2D eigenvalue weighted by Crippen LogP contribution is -2.44. The lowest BCUT2D eigenvalue weighted by atomic mass is 10.1. The maximum absolute atomic E-state index is 15.5. The Labute approximate surface area is 197 Å². The van der Waals surface area contributed by atoms with Gasteiger partial charge in [0.1, 0.15) is 6.04 Å². The molecule has 1 amide bonds. The fourth-order valence-electron chi connectivity index (χ4n) is 3.20. The number of rotatable bonds is 7. The van der Waals surface area contributed by atoms with E-state index in [1.807, 2.05) is 0 Å². The van der Waals surface area contributed by atoms with Crippen molar-refractivity contribution >= 4 is 31.3 Å². The third-order valence-corrected chi connectivity index (χ3v) is 10.9.